The highest BCUT2D eigenvalue weighted by molar-refractivity contribution is 8.13. The predicted molar refractivity (Wildman–Crippen MR) is 140 cm³/mol. The first-order chi connectivity index (χ1) is 17.9. The molecule has 7 nitrogen and oxygen atoms in total. The highest BCUT2D eigenvalue weighted by Crippen LogP contribution is 2.32. The van der Waals surface area contributed by atoms with Gasteiger partial charge in [-0.3, -0.25) is 0 Å². The maximum atomic E-state index is 12.1. The molecule has 3 aromatic carbocycles. The third-order valence-corrected chi connectivity index (χ3v) is 7.15. The van der Waals surface area contributed by atoms with Crippen molar-refractivity contribution >= 4 is 19.7 Å². The second kappa shape index (κ2) is 13.5. The Kier molecular flexibility index (Phi) is 10.1. The Morgan fingerprint density at radius 3 is 1.49 bits per heavy atom. The lowest BCUT2D eigenvalue weighted by atomic mass is 9.98. The fourth-order valence-electron chi connectivity index (χ4n) is 4.27. The molecule has 1 saturated heterocycles. The van der Waals surface area contributed by atoms with Gasteiger partial charge in [0.05, 0.1) is 25.6 Å². The lowest BCUT2D eigenvalue weighted by Crippen LogP contribution is -2.61. The third kappa shape index (κ3) is 8.35. The highest BCUT2D eigenvalue weighted by Gasteiger charge is 2.49. The van der Waals surface area contributed by atoms with E-state index >= 15 is 0 Å². The van der Waals surface area contributed by atoms with Gasteiger partial charge in [0.1, 0.15) is 24.4 Å². The summed E-state index contributed by atoms with van der Waals surface area (Å²) in [6.45, 7) is 0.768. The zero-order valence-corrected chi connectivity index (χ0v) is 22.1. The molecule has 0 spiro atoms. The molecular formula is C28H31ClO7S. The summed E-state index contributed by atoms with van der Waals surface area (Å²) in [5.41, 5.74) is 2.84. The van der Waals surface area contributed by atoms with Crippen LogP contribution in [0.25, 0.3) is 0 Å². The van der Waals surface area contributed by atoms with E-state index in [4.69, 9.17) is 34.4 Å². The Labute approximate surface area is 222 Å². The molecule has 5 atom stereocenters. The van der Waals surface area contributed by atoms with Crippen LogP contribution in [0.5, 0.6) is 0 Å². The normalized spacial score (nSPS) is 24.1. The number of ether oxygens (including phenoxy) is 5. The summed E-state index contributed by atoms with van der Waals surface area (Å²) in [6, 6.07) is 29.0. The maximum absolute atomic E-state index is 12.1. The van der Waals surface area contributed by atoms with E-state index in [9.17, 15) is 8.42 Å². The van der Waals surface area contributed by atoms with Crippen molar-refractivity contribution in [3.8, 4) is 0 Å². The minimum atomic E-state index is -3.92. The Hall–Kier alpha value is -2.30. The molecule has 0 saturated carbocycles. The van der Waals surface area contributed by atoms with Crippen LogP contribution in [0, 0.1) is 0 Å². The molecule has 1 fully saturated rings. The maximum Gasteiger partial charge on any atom is 0.235 e. The van der Waals surface area contributed by atoms with Crippen molar-refractivity contribution in [2.45, 2.75) is 50.5 Å². The molecule has 0 amide bonds. The summed E-state index contributed by atoms with van der Waals surface area (Å²) in [6.07, 6.45) is -4.05. The second-order valence-corrected chi connectivity index (χ2v) is 11.6. The quantitative estimate of drug-likeness (QED) is 0.305. The van der Waals surface area contributed by atoms with Gasteiger partial charge in [-0.05, 0) is 16.7 Å². The Morgan fingerprint density at radius 2 is 1.08 bits per heavy atom. The van der Waals surface area contributed by atoms with Gasteiger partial charge < -0.3 is 23.7 Å². The van der Waals surface area contributed by atoms with Gasteiger partial charge in [0.15, 0.2) is 6.29 Å². The van der Waals surface area contributed by atoms with Crippen LogP contribution in [-0.4, -0.2) is 52.0 Å². The van der Waals surface area contributed by atoms with Crippen molar-refractivity contribution in [3.63, 3.8) is 0 Å². The molecule has 3 aromatic rings. The van der Waals surface area contributed by atoms with Crippen LogP contribution in [0.2, 0.25) is 0 Å². The van der Waals surface area contributed by atoms with E-state index in [1.54, 1.807) is 0 Å². The first kappa shape index (κ1) is 27.7. The summed E-state index contributed by atoms with van der Waals surface area (Å²) in [5, 5.41) is 0. The molecule has 0 aliphatic carbocycles. The standard InChI is InChI=1S/C28H31ClO7S/c1-32-28-27(35-19-23-15-9-4-10-16-23)26(34-18-22-13-7-3-8-14-22)25(24(36-28)20-37(29,30)31)33-17-21-11-5-2-6-12-21/h2-16,24-28H,17-20H2,1H3/t24?,25-,26+,27?,28-/m0/s1. The Bertz CT molecular complexity index is 1180. The highest BCUT2D eigenvalue weighted by atomic mass is 35.7. The second-order valence-electron chi connectivity index (χ2n) is 8.77. The lowest BCUT2D eigenvalue weighted by molar-refractivity contribution is -0.313. The zero-order chi connectivity index (χ0) is 26.1. The number of benzene rings is 3. The van der Waals surface area contributed by atoms with Gasteiger partial charge in [-0.1, -0.05) is 91.0 Å². The smallest absolute Gasteiger partial charge is 0.235 e. The number of halogens is 1. The van der Waals surface area contributed by atoms with E-state index in [-0.39, 0.29) is 19.8 Å². The molecule has 198 valence electrons. The zero-order valence-electron chi connectivity index (χ0n) is 20.5. The minimum absolute atomic E-state index is 0.224. The third-order valence-electron chi connectivity index (χ3n) is 6.04. The van der Waals surface area contributed by atoms with Crippen LogP contribution >= 0.6 is 10.7 Å². The fraction of sp³-hybridized carbons (Fsp3) is 0.357. The molecule has 9 heteroatoms. The van der Waals surface area contributed by atoms with Crippen molar-refractivity contribution in [2.24, 2.45) is 0 Å². The SMILES string of the molecule is CO[C@H]1OC(CS(=O)(=O)Cl)[C@H](OCc2ccccc2)[C@@H](OCc2ccccc2)C1OCc1ccccc1. The Balaban J connectivity index is 1.63. The van der Waals surface area contributed by atoms with Gasteiger partial charge >= 0.3 is 0 Å². The lowest BCUT2D eigenvalue weighted by Gasteiger charge is -2.45. The molecule has 1 aliphatic rings. The van der Waals surface area contributed by atoms with Crippen molar-refractivity contribution < 1.29 is 32.1 Å². The van der Waals surface area contributed by atoms with Crippen molar-refractivity contribution in [1.29, 1.82) is 0 Å². The average Bonchev–Trinajstić information content (AvgIpc) is 2.91. The molecule has 0 N–H and O–H groups in total. The number of hydrogen-bond acceptors (Lipinski definition) is 7. The van der Waals surface area contributed by atoms with E-state index in [2.05, 4.69) is 0 Å². The number of hydrogen-bond donors (Lipinski definition) is 0. The molecular weight excluding hydrogens is 516 g/mol. The number of rotatable bonds is 12. The molecule has 1 heterocycles. The van der Waals surface area contributed by atoms with E-state index in [1.165, 1.54) is 7.11 Å². The van der Waals surface area contributed by atoms with Crippen LogP contribution in [-0.2, 0) is 52.6 Å². The van der Waals surface area contributed by atoms with E-state index < -0.39 is 45.5 Å². The first-order valence-electron chi connectivity index (χ1n) is 12.0. The van der Waals surface area contributed by atoms with Crippen molar-refractivity contribution in [1.82, 2.24) is 0 Å². The molecule has 0 radical (unpaired) electrons. The summed E-state index contributed by atoms with van der Waals surface area (Å²) in [5.74, 6) is -0.468. The van der Waals surface area contributed by atoms with Gasteiger partial charge in [-0.25, -0.2) is 8.42 Å². The summed E-state index contributed by atoms with van der Waals surface area (Å²) in [7, 11) is 3.22. The molecule has 2 unspecified atom stereocenters. The van der Waals surface area contributed by atoms with Gasteiger partial charge in [0.25, 0.3) is 0 Å². The van der Waals surface area contributed by atoms with E-state index in [0.717, 1.165) is 16.7 Å². The van der Waals surface area contributed by atoms with Gasteiger partial charge in [0.2, 0.25) is 9.05 Å². The van der Waals surface area contributed by atoms with Crippen molar-refractivity contribution in [2.75, 3.05) is 12.9 Å². The van der Waals surface area contributed by atoms with E-state index in [0.29, 0.717) is 0 Å². The molecule has 1 aliphatic heterocycles. The number of methoxy groups -OCH3 is 1. The topological polar surface area (TPSA) is 80.3 Å². The monoisotopic (exact) mass is 546 g/mol. The summed E-state index contributed by atoms with van der Waals surface area (Å²) < 4.78 is 54.9. The molecule has 37 heavy (non-hydrogen) atoms. The molecule has 0 bridgehead atoms. The average molecular weight is 547 g/mol. The fourth-order valence-corrected chi connectivity index (χ4v) is 5.30. The molecule has 4 rings (SSSR count). The predicted octanol–water partition coefficient (Wildman–Crippen LogP) is 4.68. The molecule has 0 aromatic heterocycles. The van der Waals surface area contributed by atoms with Gasteiger partial charge in [-0.2, -0.15) is 0 Å². The van der Waals surface area contributed by atoms with E-state index in [1.807, 2.05) is 91.0 Å². The first-order valence-corrected chi connectivity index (χ1v) is 14.5. The van der Waals surface area contributed by atoms with Crippen LogP contribution in [0.15, 0.2) is 91.0 Å². The Morgan fingerprint density at radius 1 is 0.676 bits per heavy atom. The van der Waals surface area contributed by atoms with Crippen molar-refractivity contribution in [3.05, 3.63) is 108 Å². The largest absolute Gasteiger partial charge is 0.368 e. The van der Waals surface area contributed by atoms with Gasteiger partial charge in [0, 0.05) is 17.8 Å². The minimum Gasteiger partial charge on any atom is -0.368 e. The summed E-state index contributed by atoms with van der Waals surface area (Å²) >= 11 is 0. The van der Waals surface area contributed by atoms with Crippen LogP contribution in [0.1, 0.15) is 16.7 Å². The van der Waals surface area contributed by atoms with Crippen LogP contribution in [0.4, 0.5) is 0 Å². The van der Waals surface area contributed by atoms with Gasteiger partial charge in [-0.15, -0.1) is 0 Å². The van der Waals surface area contributed by atoms with Crippen LogP contribution in [0.3, 0.4) is 0 Å². The summed E-state index contributed by atoms with van der Waals surface area (Å²) in [4.78, 5) is 0. The van der Waals surface area contributed by atoms with Crippen LogP contribution < -0.4 is 0 Å².